The van der Waals surface area contributed by atoms with Gasteiger partial charge in [0.15, 0.2) is 5.96 Å². The average molecular weight is 369 g/mol. The maximum absolute atomic E-state index is 5.59. The number of thiazole rings is 1. The number of hydrogen-bond acceptors (Lipinski definition) is 5. The van der Waals surface area contributed by atoms with Crippen molar-refractivity contribution in [3.63, 3.8) is 0 Å². The molecule has 7 heteroatoms. The number of nitrogens with zero attached hydrogens (tertiary/aromatic N) is 3. The summed E-state index contributed by atoms with van der Waals surface area (Å²) in [6, 6.07) is 10.2. The Kier molecular flexibility index (Phi) is 6.01. The molecule has 3 aromatic rings. The lowest BCUT2D eigenvalue weighted by molar-refractivity contribution is 0.463. The molecule has 0 aliphatic heterocycles. The molecule has 0 saturated carbocycles. The van der Waals surface area contributed by atoms with Gasteiger partial charge in [-0.25, -0.2) is 15.0 Å². The van der Waals surface area contributed by atoms with E-state index < -0.39 is 0 Å². The fourth-order valence-corrected chi connectivity index (χ4v) is 3.19. The fourth-order valence-electron chi connectivity index (χ4n) is 2.37. The van der Waals surface area contributed by atoms with E-state index in [9.17, 15) is 0 Å². The highest BCUT2D eigenvalue weighted by molar-refractivity contribution is 7.13. The summed E-state index contributed by atoms with van der Waals surface area (Å²) in [5.74, 6) is 2.22. The highest BCUT2D eigenvalue weighted by Gasteiger charge is 2.07. The Labute approximate surface area is 157 Å². The van der Waals surface area contributed by atoms with Crippen LogP contribution in [0.3, 0.4) is 0 Å². The second-order valence-electron chi connectivity index (χ2n) is 5.81. The number of nitrogens with one attached hydrogen (secondary N) is 2. The monoisotopic (exact) mass is 369 g/mol. The van der Waals surface area contributed by atoms with Crippen LogP contribution in [-0.4, -0.2) is 22.5 Å². The van der Waals surface area contributed by atoms with Crippen LogP contribution < -0.4 is 10.6 Å². The Bertz CT molecular complexity index is 850. The minimum absolute atomic E-state index is 0.493. The molecule has 0 aliphatic rings. The van der Waals surface area contributed by atoms with Crippen molar-refractivity contribution < 1.29 is 4.42 Å². The molecule has 2 heterocycles. The Morgan fingerprint density at radius 3 is 2.65 bits per heavy atom. The standard InChI is InChI=1S/C19H23N5OS/c1-4-20-19(22-11-17-23-13(2)14(3)25-17)21-10-16-12-26-18(24-16)15-8-6-5-7-9-15/h5-9,12H,4,10-11H2,1-3H3,(H2,20,21,22). The number of aliphatic imine (C=N–C) groups is 1. The van der Waals surface area contributed by atoms with Gasteiger partial charge in [0.1, 0.15) is 10.8 Å². The number of guanidine groups is 1. The first-order valence-corrected chi connectivity index (χ1v) is 9.48. The average Bonchev–Trinajstić information content (AvgIpc) is 3.25. The van der Waals surface area contributed by atoms with Gasteiger partial charge in [-0.3, -0.25) is 0 Å². The van der Waals surface area contributed by atoms with E-state index in [0.717, 1.165) is 40.2 Å². The van der Waals surface area contributed by atoms with Gasteiger partial charge in [-0.15, -0.1) is 11.3 Å². The molecule has 0 spiro atoms. The summed E-state index contributed by atoms with van der Waals surface area (Å²) < 4.78 is 5.59. The fraction of sp³-hybridized carbons (Fsp3) is 0.316. The highest BCUT2D eigenvalue weighted by Crippen LogP contribution is 2.23. The van der Waals surface area contributed by atoms with E-state index >= 15 is 0 Å². The minimum Gasteiger partial charge on any atom is -0.444 e. The summed E-state index contributed by atoms with van der Waals surface area (Å²) in [7, 11) is 0. The van der Waals surface area contributed by atoms with E-state index in [2.05, 4.69) is 43.1 Å². The number of oxazole rings is 1. The van der Waals surface area contributed by atoms with Gasteiger partial charge >= 0.3 is 0 Å². The van der Waals surface area contributed by atoms with E-state index in [4.69, 9.17) is 4.42 Å². The predicted molar refractivity (Wildman–Crippen MR) is 105 cm³/mol. The van der Waals surface area contributed by atoms with Crippen LogP contribution in [0.15, 0.2) is 45.1 Å². The van der Waals surface area contributed by atoms with Crippen LogP contribution in [0, 0.1) is 13.8 Å². The van der Waals surface area contributed by atoms with Gasteiger partial charge < -0.3 is 15.1 Å². The lowest BCUT2D eigenvalue weighted by Gasteiger charge is -2.09. The van der Waals surface area contributed by atoms with E-state index in [1.165, 1.54) is 0 Å². The van der Waals surface area contributed by atoms with Crippen molar-refractivity contribution in [2.24, 2.45) is 4.99 Å². The summed E-state index contributed by atoms with van der Waals surface area (Å²) in [5.41, 5.74) is 3.00. The van der Waals surface area contributed by atoms with Gasteiger partial charge in [-0.1, -0.05) is 30.3 Å². The molecule has 0 amide bonds. The Balaban J connectivity index is 1.63. The van der Waals surface area contributed by atoms with Crippen molar-refractivity contribution in [1.29, 1.82) is 0 Å². The molecule has 0 saturated heterocycles. The number of hydrogen-bond donors (Lipinski definition) is 2. The van der Waals surface area contributed by atoms with Crippen LogP contribution in [0.4, 0.5) is 0 Å². The third kappa shape index (κ3) is 4.70. The van der Waals surface area contributed by atoms with Gasteiger partial charge in [0.25, 0.3) is 0 Å². The first-order valence-electron chi connectivity index (χ1n) is 8.60. The van der Waals surface area contributed by atoms with E-state index in [0.29, 0.717) is 19.0 Å². The van der Waals surface area contributed by atoms with Crippen LogP contribution >= 0.6 is 11.3 Å². The van der Waals surface area contributed by atoms with E-state index in [1.807, 2.05) is 39.0 Å². The van der Waals surface area contributed by atoms with Crippen LogP contribution in [0.1, 0.15) is 30.0 Å². The lowest BCUT2D eigenvalue weighted by Crippen LogP contribution is -2.36. The molecule has 0 bridgehead atoms. The quantitative estimate of drug-likeness (QED) is 0.512. The van der Waals surface area contributed by atoms with Gasteiger partial charge in [-0.05, 0) is 20.8 Å². The Hall–Kier alpha value is -2.67. The maximum atomic E-state index is 5.59. The minimum atomic E-state index is 0.493. The normalized spacial score (nSPS) is 11.6. The summed E-state index contributed by atoms with van der Waals surface area (Å²) in [6.07, 6.45) is 0. The third-order valence-corrected chi connectivity index (χ3v) is 4.74. The van der Waals surface area contributed by atoms with E-state index in [1.54, 1.807) is 11.3 Å². The zero-order valence-corrected chi connectivity index (χ0v) is 16.1. The molecule has 0 aliphatic carbocycles. The topological polar surface area (TPSA) is 75.3 Å². The number of benzene rings is 1. The molecule has 0 atom stereocenters. The zero-order chi connectivity index (χ0) is 18.4. The maximum Gasteiger partial charge on any atom is 0.214 e. The smallest absolute Gasteiger partial charge is 0.214 e. The van der Waals surface area contributed by atoms with Crippen LogP contribution in [0.2, 0.25) is 0 Å². The number of rotatable bonds is 6. The molecule has 2 aromatic heterocycles. The summed E-state index contributed by atoms with van der Waals surface area (Å²) in [5, 5.41) is 9.54. The number of aryl methyl sites for hydroxylation is 2. The SMILES string of the molecule is CCNC(=NCc1csc(-c2ccccc2)n1)NCc1nc(C)c(C)o1. The molecule has 136 valence electrons. The molecule has 0 fully saturated rings. The van der Waals surface area contributed by atoms with Crippen molar-refractivity contribution in [2.45, 2.75) is 33.9 Å². The highest BCUT2D eigenvalue weighted by atomic mass is 32.1. The molecular formula is C19H23N5OS. The molecule has 26 heavy (non-hydrogen) atoms. The Morgan fingerprint density at radius 1 is 1.15 bits per heavy atom. The first kappa shape index (κ1) is 18.1. The summed E-state index contributed by atoms with van der Waals surface area (Å²) >= 11 is 1.64. The first-order chi connectivity index (χ1) is 12.7. The van der Waals surface area contributed by atoms with Gasteiger partial charge in [-0.2, -0.15) is 0 Å². The molecule has 3 rings (SSSR count). The van der Waals surface area contributed by atoms with E-state index in [-0.39, 0.29) is 0 Å². The van der Waals surface area contributed by atoms with Crippen molar-refractivity contribution in [3.8, 4) is 10.6 Å². The Morgan fingerprint density at radius 2 is 1.96 bits per heavy atom. The molecule has 0 unspecified atom stereocenters. The van der Waals surface area contributed by atoms with Crippen LogP contribution in [0.5, 0.6) is 0 Å². The molecular weight excluding hydrogens is 346 g/mol. The van der Waals surface area contributed by atoms with Gasteiger partial charge in [0, 0.05) is 17.5 Å². The van der Waals surface area contributed by atoms with Crippen LogP contribution in [-0.2, 0) is 13.1 Å². The van der Waals surface area contributed by atoms with Gasteiger partial charge in [0.05, 0.1) is 24.5 Å². The molecule has 6 nitrogen and oxygen atoms in total. The second kappa shape index (κ2) is 8.62. The third-order valence-electron chi connectivity index (χ3n) is 3.80. The largest absolute Gasteiger partial charge is 0.444 e. The predicted octanol–water partition coefficient (Wildman–Crippen LogP) is 3.67. The molecule has 1 aromatic carbocycles. The molecule has 2 N–H and O–H groups in total. The lowest BCUT2D eigenvalue weighted by atomic mass is 10.2. The molecule has 0 radical (unpaired) electrons. The van der Waals surface area contributed by atoms with Gasteiger partial charge in [0.2, 0.25) is 5.89 Å². The van der Waals surface area contributed by atoms with Crippen LogP contribution in [0.25, 0.3) is 10.6 Å². The van der Waals surface area contributed by atoms with Crippen molar-refractivity contribution in [2.75, 3.05) is 6.54 Å². The van der Waals surface area contributed by atoms with Crippen molar-refractivity contribution >= 4 is 17.3 Å². The zero-order valence-electron chi connectivity index (χ0n) is 15.2. The second-order valence-corrected chi connectivity index (χ2v) is 6.67. The van der Waals surface area contributed by atoms with Crippen molar-refractivity contribution in [3.05, 3.63) is 58.8 Å². The number of aromatic nitrogens is 2. The van der Waals surface area contributed by atoms with Crippen molar-refractivity contribution in [1.82, 2.24) is 20.6 Å². The summed E-state index contributed by atoms with van der Waals surface area (Å²) in [6.45, 7) is 7.68. The summed E-state index contributed by atoms with van der Waals surface area (Å²) in [4.78, 5) is 13.6.